The molecule has 9 nitrogen and oxygen atoms in total. The van der Waals surface area contributed by atoms with Crippen LogP contribution in [0, 0.1) is 5.92 Å². The van der Waals surface area contributed by atoms with Crippen LogP contribution in [0.2, 0.25) is 0 Å². The molecular formula is C31H41N5O4S. The number of thioether (sulfide) groups is 1. The van der Waals surface area contributed by atoms with Crippen molar-refractivity contribution in [2.45, 2.75) is 51.1 Å². The number of benzene rings is 2. The van der Waals surface area contributed by atoms with Gasteiger partial charge >= 0.3 is 0 Å². The van der Waals surface area contributed by atoms with E-state index in [1.54, 1.807) is 43.0 Å². The van der Waals surface area contributed by atoms with Crippen molar-refractivity contribution in [3.63, 3.8) is 0 Å². The van der Waals surface area contributed by atoms with Gasteiger partial charge in [-0.05, 0) is 37.4 Å². The van der Waals surface area contributed by atoms with Crippen molar-refractivity contribution in [1.29, 1.82) is 0 Å². The summed E-state index contributed by atoms with van der Waals surface area (Å²) in [5.74, 6) is -0.371. The fraction of sp³-hybridized carbons (Fsp3) is 0.419. The van der Waals surface area contributed by atoms with Gasteiger partial charge in [0.25, 0.3) is 5.91 Å². The highest BCUT2D eigenvalue weighted by Gasteiger charge is 2.35. The van der Waals surface area contributed by atoms with Crippen molar-refractivity contribution in [3.05, 3.63) is 84.2 Å². The molecule has 2 aromatic rings. The van der Waals surface area contributed by atoms with Gasteiger partial charge in [-0.1, -0.05) is 74.5 Å². The highest BCUT2D eigenvalue weighted by Crippen LogP contribution is 2.21. The molecule has 3 rings (SSSR count). The zero-order valence-corrected chi connectivity index (χ0v) is 25.0. The molecule has 0 bridgehead atoms. The molecule has 0 saturated carbocycles. The van der Waals surface area contributed by atoms with E-state index in [0.717, 1.165) is 11.1 Å². The van der Waals surface area contributed by atoms with Crippen LogP contribution in [0.3, 0.4) is 0 Å². The normalized spacial score (nSPS) is 16.4. The highest BCUT2D eigenvalue weighted by atomic mass is 32.2. The molecule has 0 radical (unpaired) electrons. The van der Waals surface area contributed by atoms with Crippen LogP contribution >= 0.6 is 11.8 Å². The number of amides is 4. The average Bonchev–Trinajstić information content (AvgIpc) is 2.98. The van der Waals surface area contributed by atoms with Gasteiger partial charge < -0.3 is 25.8 Å². The van der Waals surface area contributed by atoms with E-state index in [9.17, 15) is 19.2 Å². The summed E-state index contributed by atoms with van der Waals surface area (Å²) in [6, 6.07) is 17.9. The largest absolute Gasteiger partial charge is 0.345 e. The number of likely N-dealkylation sites (N-methyl/N-ethyl adjacent to an activating group) is 1. The minimum Gasteiger partial charge on any atom is -0.345 e. The van der Waals surface area contributed by atoms with Gasteiger partial charge in [0.2, 0.25) is 17.7 Å². The molecule has 3 atom stereocenters. The van der Waals surface area contributed by atoms with Crippen LogP contribution in [0.15, 0.2) is 73.1 Å². The van der Waals surface area contributed by atoms with Gasteiger partial charge in [0, 0.05) is 30.5 Å². The molecule has 0 aliphatic carbocycles. The second-order valence-electron chi connectivity index (χ2n) is 10.3. The molecule has 1 aliphatic rings. The van der Waals surface area contributed by atoms with E-state index >= 15 is 0 Å². The lowest BCUT2D eigenvalue weighted by Crippen LogP contribution is -2.56. The lowest BCUT2D eigenvalue weighted by Gasteiger charge is -2.36. The predicted octanol–water partition coefficient (Wildman–Crippen LogP) is 2.54. The van der Waals surface area contributed by atoms with Gasteiger partial charge in [-0.25, -0.2) is 0 Å². The maximum Gasteiger partial charge on any atom is 0.250 e. The van der Waals surface area contributed by atoms with Gasteiger partial charge in [-0.15, -0.1) is 0 Å². The smallest absolute Gasteiger partial charge is 0.250 e. The number of hydrogen-bond acceptors (Lipinski definition) is 6. The van der Waals surface area contributed by atoms with Crippen LogP contribution in [-0.2, 0) is 31.4 Å². The van der Waals surface area contributed by atoms with E-state index in [1.165, 1.54) is 4.90 Å². The molecule has 41 heavy (non-hydrogen) atoms. The Balaban J connectivity index is 1.67. The maximum atomic E-state index is 13.6. The molecular weight excluding hydrogens is 538 g/mol. The lowest BCUT2D eigenvalue weighted by atomic mass is 10.0. The third kappa shape index (κ3) is 9.47. The highest BCUT2D eigenvalue weighted by molar-refractivity contribution is 7.98. The Kier molecular flexibility index (Phi) is 12.4. The summed E-state index contributed by atoms with van der Waals surface area (Å²) in [6.07, 6.45) is 3.96. The molecule has 4 amide bonds. The first kappa shape index (κ1) is 31.9. The van der Waals surface area contributed by atoms with Crippen molar-refractivity contribution in [1.82, 2.24) is 25.8 Å². The summed E-state index contributed by atoms with van der Waals surface area (Å²) in [4.78, 5) is 55.3. The van der Waals surface area contributed by atoms with Gasteiger partial charge in [0.15, 0.2) is 0 Å². The van der Waals surface area contributed by atoms with Crippen LogP contribution in [0.25, 0.3) is 0 Å². The number of nitrogens with zero attached hydrogens (tertiary/aromatic N) is 2. The monoisotopic (exact) mass is 579 g/mol. The van der Waals surface area contributed by atoms with Crippen molar-refractivity contribution in [2.24, 2.45) is 5.92 Å². The second kappa shape index (κ2) is 16.0. The van der Waals surface area contributed by atoms with E-state index in [0.29, 0.717) is 24.5 Å². The number of carbonyl (C=O) groups excluding carboxylic acids is 4. The minimum absolute atomic E-state index is 0.156. The zero-order valence-electron chi connectivity index (χ0n) is 24.2. The summed E-state index contributed by atoms with van der Waals surface area (Å²) < 4.78 is 0. The zero-order chi connectivity index (χ0) is 29.8. The van der Waals surface area contributed by atoms with E-state index in [4.69, 9.17) is 0 Å². The standard InChI is InChI=1S/C31H41N5O4S/c1-22(2)28(34-29(38)23(3)32-4)30(39)33-19-27(37)36-18-17-35(16-15-24-11-7-5-8-12-24)31(40)26(36)21-41-20-25-13-9-6-10-14-25/h5-14,17-18,22-23,26,28,32H,15-16,19-21H2,1-4H3,(H,33,39)(H,34,38)/t23-,26-,28-/m0/s1. The van der Waals surface area contributed by atoms with E-state index < -0.39 is 29.9 Å². The number of carbonyl (C=O) groups is 4. The first-order valence-electron chi connectivity index (χ1n) is 13.9. The molecule has 3 N–H and O–H groups in total. The predicted molar refractivity (Wildman–Crippen MR) is 163 cm³/mol. The average molecular weight is 580 g/mol. The summed E-state index contributed by atoms with van der Waals surface area (Å²) in [6.45, 7) is 5.56. The van der Waals surface area contributed by atoms with Crippen LogP contribution in [0.5, 0.6) is 0 Å². The summed E-state index contributed by atoms with van der Waals surface area (Å²) in [5.41, 5.74) is 2.26. The van der Waals surface area contributed by atoms with Crippen molar-refractivity contribution in [2.75, 3.05) is 25.9 Å². The summed E-state index contributed by atoms with van der Waals surface area (Å²) in [7, 11) is 1.66. The van der Waals surface area contributed by atoms with Crippen LogP contribution in [0.4, 0.5) is 0 Å². The molecule has 1 aliphatic heterocycles. The van der Waals surface area contributed by atoms with Crippen LogP contribution < -0.4 is 16.0 Å². The molecule has 0 saturated heterocycles. The lowest BCUT2D eigenvalue weighted by molar-refractivity contribution is -0.142. The maximum absolute atomic E-state index is 13.6. The Morgan fingerprint density at radius 1 is 0.902 bits per heavy atom. The molecule has 0 aromatic heterocycles. The van der Waals surface area contributed by atoms with Gasteiger partial charge in [0.1, 0.15) is 12.1 Å². The fourth-order valence-electron chi connectivity index (χ4n) is 4.30. The van der Waals surface area contributed by atoms with E-state index in [1.807, 2.05) is 74.5 Å². The van der Waals surface area contributed by atoms with Gasteiger partial charge in [0.05, 0.1) is 12.6 Å². The minimum atomic E-state index is -0.796. The summed E-state index contributed by atoms with van der Waals surface area (Å²) >= 11 is 1.58. The molecule has 0 fully saturated rings. The Labute approximate surface area is 247 Å². The van der Waals surface area contributed by atoms with Crippen LogP contribution in [-0.4, -0.2) is 77.4 Å². The first-order chi connectivity index (χ1) is 19.7. The van der Waals surface area contributed by atoms with E-state index in [-0.39, 0.29) is 24.3 Å². The molecule has 2 aromatic carbocycles. The molecule has 10 heteroatoms. The Bertz CT molecular complexity index is 1190. The Morgan fingerprint density at radius 3 is 2.15 bits per heavy atom. The fourth-order valence-corrected chi connectivity index (χ4v) is 5.37. The van der Waals surface area contributed by atoms with Crippen LogP contribution in [0.1, 0.15) is 31.9 Å². The SMILES string of the molecule is CN[C@@H](C)C(=O)N[C@H](C(=O)NCC(=O)N1C=CN(CCc2ccccc2)C(=O)[C@@H]1CSCc1ccccc1)C(C)C. The van der Waals surface area contributed by atoms with Gasteiger partial charge in [-0.3, -0.25) is 19.2 Å². The Hall–Kier alpha value is -3.63. The van der Waals surface area contributed by atoms with Crippen molar-refractivity contribution < 1.29 is 19.2 Å². The summed E-state index contributed by atoms with van der Waals surface area (Å²) in [5, 5.41) is 8.26. The number of rotatable bonds is 14. The molecule has 0 spiro atoms. The Morgan fingerprint density at radius 2 is 1.54 bits per heavy atom. The second-order valence-corrected chi connectivity index (χ2v) is 11.4. The van der Waals surface area contributed by atoms with E-state index in [2.05, 4.69) is 16.0 Å². The topological polar surface area (TPSA) is 111 Å². The third-order valence-electron chi connectivity index (χ3n) is 6.96. The molecule has 1 heterocycles. The first-order valence-corrected chi connectivity index (χ1v) is 15.1. The molecule has 0 unspecified atom stereocenters. The number of nitrogens with one attached hydrogen (secondary N) is 3. The molecule has 220 valence electrons. The van der Waals surface area contributed by atoms with Crippen molar-refractivity contribution in [3.8, 4) is 0 Å². The van der Waals surface area contributed by atoms with Gasteiger partial charge in [-0.2, -0.15) is 11.8 Å². The van der Waals surface area contributed by atoms with Crippen molar-refractivity contribution >= 4 is 35.4 Å². The number of hydrogen-bond donors (Lipinski definition) is 3. The third-order valence-corrected chi connectivity index (χ3v) is 8.05. The quantitative estimate of drug-likeness (QED) is 0.317.